The fraction of sp³-hybridized carbons (Fsp3) is 0.250. The number of aromatic nitrogens is 2. The predicted molar refractivity (Wildman–Crippen MR) is 102 cm³/mol. The third-order valence-electron chi connectivity index (χ3n) is 4.77. The van der Waals surface area contributed by atoms with Crippen LogP contribution in [0.1, 0.15) is 35.0 Å². The van der Waals surface area contributed by atoms with Crippen LogP contribution in [0, 0.1) is 5.82 Å². The van der Waals surface area contributed by atoms with Crippen molar-refractivity contribution in [3.05, 3.63) is 70.3 Å². The van der Waals surface area contributed by atoms with Gasteiger partial charge >= 0.3 is 0 Å². The third kappa shape index (κ3) is 3.78. The van der Waals surface area contributed by atoms with Gasteiger partial charge in [-0.3, -0.25) is 4.79 Å². The standard InChI is InChI=1S/C20H17BrFN3O2/c21-17-4-2-1-3-16(17)20(26)25-11-9-14(10-12-25)19-24-23-18(27-19)13-5-7-15(22)8-6-13/h1-8,14H,9-12H2. The highest BCUT2D eigenvalue weighted by atomic mass is 79.9. The minimum atomic E-state index is -0.305. The van der Waals surface area contributed by atoms with Gasteiger partial charge in [0.15, 0.2) is 0 Å². The first kappa shape index (κ1) is 17.9. The molecule has 138 valence electrons. The molecule has 2 aromatic carbocycles. The Bertz CT molecular complexity index is 950. The van der Waals surface area contributed by atoms with Gasteiger partial charge in [0.25, 0.3) is 5.91 Å². The molecule has 1 aliphatic rings. The summed E-state index contributed by atoms with van der Waals surface area (Å²) in [5.74, 6) is 0.799. The lowest BCUT2D eigenvalue weighted by Crippen LogP contribution is -2.38. The van der Waals surface area contributed by atoms with E-state index in [4.69, 9.17) is 4.42 Å². The van der Waals surface area contributed by atoms with Crippen LogP contribution in [0.5, 0.6) is 0 Å². The van der Waals surface area contributed by atoms with Gasteiger partial charge in [-0.15, -0.1) is 10.2 Å². The average Bonchev–Trinajstić information content (AvgIpc) is 3.19. The molecule has 7 heteroatoms. The van der Waals surface area contributed by atoms with E-state index in [1.165, 1.54) is 12.1 Å². The van der Waals surface area contributed by atoms with Crippen LogP contribution >= 0.6 is 15.9 Å². The smallest absolute Gasteiger partial charge is 0.254 e. The number of hydrogen-bond donors (Lipinski definition) is 0. The molecule has 0 bridgehead atoms. The molecule has 0 atom stereocenters. The molecule has 5 nitrogen and oxygen atoms in total. The van der Waals surface area contributed by atoms with E-state index in [9.17, 15) is 9.18 Å². The van der Waals surface area contributed by atoms with Gasteiger partial charge in [0, 0.05) is 29.0 Å². The zero-order valence-electron chi connectivity index (χ0n) is 14.4. The summed E-state index contributed by atoms with van der Waals surface area (Å²) < 4.78 is 19.6. The van der Waals surface area contributed by atoms with Crippen molar-refractivity contribution in [3.63, 3.8) is 0 Å². The summed E-state index contributed by atoms with van der Waals surface area (Å²) in [5.41, 5.74) is 1.36. The van der Waals surface area contributed by atoms with E-state index in [1.807, 2.05) is 29.2 Å². The van der Waals surface area contributed by atoms with Gasteiger partial charge in [-0.25, -0.2) is 4.39 Å². The maximum absolute atomic E-state index is 13.0. The molecule has 1 amide bonds. The van der Waals surface area contributed by atoms with Crippen molar-refractivity contribution < 1.29 is 13.6 Å². The second-order valence-corrected chi connectivity index (χ2v) is 7.35. The van der Waals surface area contributed by atoms with E-state index in [0.717, 1.165) is 17.3 Å². The Morgan fingerprint density at radius 3 is 2.48 bits per heavy atom. The molecule has 1 aliphatic heterocycles. The number of benzene rings is 2. The Labute approximate surface area is 164 Å². The summed E-state index contributed by atoms with van der Waals surface area (Å²) in [6.07, 6.45) is 1.53. The molecule has 1 fully saturated rings. The lowest BCUT2D eigenvalue weighted by atomic mass is 9.96. The quantitative estimate of drug-likeness (QED) is 0.607. The molecule has 0 radical (unpaired) electrons. The highest BCUT2D eigenvalue weighted by Crippen LogP contribution is 2.30. The van der Waals surface area contributed by atoms with Gasteiger partial charge in [-0.2, -0.15) is 0 Å². The first-order chi connectivity index (χ1) is 13.1. The summed E-state index contributed by atoms with van der Waals surface area (Å²) in [4.78, 5) is 14.5. The molecule has 0 saturated carbocycles. The number of rotatable bonds is 3. The fourth-order valence-corrected chi connectivity index (χ4v) is 3.70. The lowest BCUT2D eigenvalue weighted by molar-refractivity contribution is 0.0705. The maximum atomic E-state index is 13.0. The zero-order chi connectivity index (χ0) is 18.8. The molecule has 2 heterocycles. The highest BCUT2D eigenvalue weighted by Gasteiger charge is 2.28. The Kier molecular flexibility index (Phi) is 5.03. The number of halogens is 2. The first-order valence-corrected chi connectivity index (χ1v) is 9.54. The van der Waals surface area contributed by atoms with Crippen LogP contribution in [0.2, 0.25) is 0 Å². The molecule has 0 unspecified atom stereocenters. The normalized spacial score (nSPS) is 15.1. The van der Waals surface area contributed by atoms with Crippen LogP contribution in [0.15, 0.2) is 57.4 Å². The summed E-state index contributed by atoms with van der Waals surface area (Å²) in [5, 5.41) is 8.24. The number of nitrogens with zero attached hydrogens (tertiary/aromatic N) is 3. The number of carbonyl (C=O) groups is 1. The number of amides is 1. The monoisotopic (exact) mass is 429 g/mol. The van der Waals surface area contributed by atoms with E-state index in [2.05, 4.69) is 26.1 Å². The van der Waals surface area contributed by atoms with Crippen LogP contribution in [-0.4, -0.2) is 34.1 Å². The van der Waals surface area contributed by atoms with Crippen LogP contribution < -0.4 is 0 Å². The Morgan fingerprint density at radius 1 is 1.07 bits per heavy atom. The Morgan fingerprint density at radius 2 is 1.78 bits per heavy atom. The Hall–Kier alpha value is -2.54. The zero-order valence-corrected chi connectivity index (χ0v) is 16.0. The molecule has 0 N–H and O–H groups in total. The van der Waals surface area contributed by atoms with Crippen molar-refractivity contribution in [2.75, 3.05) is 13.1 Å². The van der Waals surface area contributed by atoms with E-state index < -0.39 is 0 Å². The number of hydrogen-bond acceptors (Lipinski definition) is 4. The highest BCUT2D eigenvalue weighted by molar-refractivity contribution is 9.10. The summed E-state index contributed by atoms with van der Waals surface area (Å²) in [6, 6.07) is 13.4. The van der Waals surface area contributed by atoms with E-state index in [-0.39, 0.29) is 17.6 Å². The molecule has 3 aromatic rings. The minimum absolute atomic E-state index is 0.0263. The van der Waals surface area contributed by atoms with E-state index in [1.54, 1.807) is 12.1 Å². The molecule has 1 aromatic heterocycles. The molecule has 4 rings (SSSR count). The van der Waals surface area contributed by atoms with Gasteiger partial charge < -0.3 is 9.32 Å². The predicted octanol–water partition coefficient (Wildman–Crippen LogP) is 4.66. The Balaban J connectivity index is 1.42. The SMILES string of the molecule is O=C(c1ccccc1Br)N1CCC(c2nnc(-c3ccc(F)cc3)o2)CC1. The number of piperidine rings is 1. The third-order valence-corrected chi connectivity index (χ3v) is 5.46. The summed E-state index contributed by atoms with van der Waals surface area (Å²) in [7, 11) is 0. The average molecular weight is 430 g/mol. The largest absolute Gasteiger partial charge is 0.420 e. The molecule has 0 spiro atoms. The molecular formula is C20H17BrFN3O2. The number of carbonyl (C=O) groups excluding carboxylic acids is 1. The second kappa shape index (κ2) is 7.60. The molecular weight excluding hydrogens is 413 g/mol. The fourth-order valence-electron chi connectivity index (χ4n) is 3.24. The molecule has 27 heavy (non-hydrogen) atoms. The van der Waals surface area contributed by atoms with Gasteiger partial charge in [0.2, 0.25) is 11.8 Å². The summed E-state index contributed by atoms with van der Waals surface area (Å²) >= 11 is 3.44. The maximum Gasteiger partial charge on any atom is 0.254 e. The first-order valence-electron chi connectivity index (χ1n) is 8.75. The van der Waals surface area contributed by atoms with Gasteiger partial charge in [0.1, 0.15) is 5.82 Å². The van der Waals surface area contributed by atoms with Crippen LogP contribution in [-0.2, 0) is 0 Å². The second-order valence-electron chi connectivity index (χ2n) is 6.50. The number of likely N-dealkylation sites (tertiary alicyclic amines) is 1. The van der Waals surface area contributed by atoms with E-state index in [0.29, 0.717) is 36.0 Å². The van der Waals surface area contributed by atoms with Crippen molar-refractivity contribution >= 4 is 21.8 Å². The van der Waals surface area contributed by atoms with Crippen LogP contribution in [0.25, 0.3) is 11.5 Å². The van der Waals surface area contributed by atoms with Crippen LogP contribution in [0.3, 0.4) is 0 Å². The lowest BCUT2D eigenvalue weighted by Gasteiger charge is -2.30. The summed E-state index contributed by atoms with van der Waals surface area (Å²) in [6.45, 7) is 1.28. The van der Waals surface area contributed by atoms with Gasteiger partial charge in [-0.05, 0) is 65.2 Å². The van der Waals surface area contributed by atoms with Crippen molar-refractivity contribution in [1.29, 1.82) is 0 Å². The van der Waals surface area contributed by atoms with Crippen molar-refractivity contribution in [2.45, 2.75) is 18.8 Å². The molecule has 0 aliphatic carbocycles. The van der Waals surface area contributed by atoms with Gasteiger partial charge in [-0.1, -0.05) is 12.1 Å². The van der Waals surface area contributed by atoms with Crippen molar-refractivity contribution in [3.8, 4) is 11.5 Å². The van der Waals surface area contributed by atoms with Crippen LogP contribution in [0.4, 0.5) is 4.39 Å². The van der Waals surface area contributed by atoms with Crippen molar-refractivity contribution in [2.24, 2.45) is 0 Å². The van der Waals surface area contributed by atoms with Crippen molar-refractivity contribution in [1.82, 2.24) is 15.1 Å². The van der Waals surface area contributed by atoms with E-state index >= 15 is 0 Å². The molecule has 1 saturated heterocycles. The van der Waals surface area contributed by atoms with Gasteiger partial charge in [0.05, 0.1) is 5.56 Å². The minimum Gasteiger partial charge on any atom is -0.420 e. The topological polar surface area (TPSA) is 59.2 Å².